The summed E-state index contributed by atoms with van der Waals surface area (Å²) in [5.74, 6) is 2.56. The maximum absolute atomic E-state index is 13.1. The van der Waals surface area contributed by atoms with E-state index in [1.165, 1.54) is 19.3 Å². The molecular weight excluding hydrogens is 352 g/mol. The van der Waals surface area contributed by atoms with Gasteiger partial charge in [0.2, 0.25) is 11.7 Å². The van der Waals surface area contributed by atoms with Crippen molar-refractivity contribution in [1.29, 1.82) is 0 Å². The fourth-order valence-corrected chi connectivity index (χ4v) is 4.70. The Hall–Kier alpha value is -2.21. The second kappa shape index (κ2) is 7.32. The van der Waals surface area contributed by atoms with Gasteiger partial charge in [-0.3, -0.25) is 9.69 Å². The standard InChI is InChI=1S/C22H28N4O2/c1-2-11-25-12-15-3-10-19(25)14-26(13-15)22(27)18-8-4-16(5-9-18)20-23-21(28-24-20)17-6-7-17/h4-5,8-9,15,17,19H,2-3,6-7,10-14H2,1H3/t15-,19-/m1/s1. The maximum Gasteiger partial charge on any atom is 0.253 e. The third kappa shape index (κ3) is 3.46. The average Bonchev–Trinajstić information content (AvgIpc) is 3.51. The summed E-state index contributed by atoms with van der Waals surface area (Å²) in [5, 5.41) is 4.09. The van der Waals surface area contributed by atoms with Gasteiger partial charge in [0.15, 0.2) is 0 Å². The van der Waals surface area contributed by atoms with Crippen LogP contribution in [0.5, 0.6) is 0 Å². The van der Waals surface area contributed by atoms with E-state index < -0.39 is 0 Å². The number of fused-ring (bicyclic) bond motifs is 4. The SMILES string of the molecule is CCCN1C[C@H]2CC[C@@H]1CN(C(=O)c1ccc(-c3noc(C4CC4)n3)cc1)C2. The van der Waals surface area contributed by atoms with E-state index in [1.54, 1.807) is 0 Å². The third-order valence-electron chi connectivity index (χ3n) is 6.38. The van der Waals surface area contributed by atoms with Crippen LogP contribution in [-0.4, -0.2) is 58.1 Å². The largest absolute Gasteiger partial charge is 0.339 e. The van der Waals surface area contributed by atoms with Crippen LogP contribution < -0.4 is 0 Å². The normalized spacial score (nSPS) is 25.1. The molecule has 0 spiro atoms. The molecule has 1 aromatic heterocycles. The molecule has 1 saturated carbocycles. The van der Waals surface area contributed by atoms with E-state index in [1.807, 2.05) is 24.3 Å². The number of carbonyl (C=O) groups is 1. The van der Waals surface area contributed by atoms with E-state index in [4.69, 9.17) is 4.52 Å². The molecule has 1 aromatic carbocycles. The Balaban J connectivity index is 1.29. The summed E-state index contributed by atoms with van der Waals surface area (Å²) < 4.78 is 5.35. The molecular formula is C22H28N4O2. The Labute approximate surface area is 165 Å². The monoisotopic (exact) mass is 380 g/mol. The predicted molar refractivity (Wildman–Crippen MR) is 106 cm³/mol. The lowest BCUT2D eigenvalue weighted by molar-refractivity contribution is 0.0738. The number of nitrogens with zero attached hydrogens (tertiary/aromatic N) is 4. The van der Waals surface area contributed by atoms with Crippen LogP contribution >= 0.6 is 0 Å². The van der Waals surface area contributed by atoms with Crippen LogP contribution in [-0.2, 0) is 0 Å². The minimum Gasteiger partial charge on any atom is -0.339 e. The van der Waals surface area contributed by atoms with Crippen molar-refractivity contribution >= 4 is 5.91 Å². The highest BCUT2D eigenvalue weighted by Gasteiger charge is 2.36. The molecule has 6 nitrogen and oxygen atoms in total. The number of piperidine rings is 1. The lowest BCUT2D eigenvalue weighted by Crippen LogP contribution is -2.44. The number of carbonyl (C=O) groups excluding carboxylic acids is 1. The Morgan fingerprint density at radius 1 is 1.11 bits per heavy atom. The summed E-state index contributed by atoms with van der Waals surface area (Å²) >= 11 is 0. The Bertz CT molecular complexity index is 842. The highest BCUT2D eigenvalue weighted by atomic mass is 16.5. The zero-order valence-corrected chi connectivity index (χ0v) is 16.5. The van der Waals surface area contributed by atoms with Crippen molar-refractivity contribution < 1.29 is 9.32 Å². The van der Waals surface area contributed by atoms with Crippen molar-refractivity contribution in [2.45, 2.75) is 51.0 Å². The molecule has 148 valence electrons. The first-order chi connectivity index (χ1) is 13.7. The first-order valence-electron chi connectivity index (χ1n) is 10.7. The molecule has 2 atom stereocenters. The highest BCUT2D eigenvalue weighted by Crippen LogP contribution is 2.39. The van der Waals surface area contributed by atoms with Crippen molar-refractivity contribution in [3.8, 4) is 11.4 Å². The molecule has 3 aliphatic heterocycles. The molecule has 6 rings (SSSR count). The van der Waals surface area contributed by atoms with Gasteiger partial charge in [-0.15, -0.1) is 0 Å². The van der Waals surface area contributed by atoms with Crippen LogP contribution in [0.2, 0.25) is 0 Å². The van der Waals surface area contributed by atoms with Crippen molar-refractivity contribution in [2.24, 2.45) is 5.92 Å². The van der Waals surface area contributed by atoms with Crippen LogP contribution in [0.15, 0.2) is 28.8 Å². The molecule has 3 saturated heterocycles. The van der Waals surface area contributed by atoms with Crippen LogP contribution in [0.25, 0.3) is 11.4 Å². The van der Waals surface area contributed by atoms with Gasteiger partial charge in [-0.05, 0) is 56.7 Å². The fourth-order valence-electron chi connectivity index (χ4n) is 4.70. The predicted octanol–water partition coefficient (Wildman–Crippen LogP) is 3.56. The fraction of sp³-hybridized carbons (Fsp3) is 0.591. The van der Waals surface area contributed by atoms with E-state index >= 15 is 0 Å². The molecule has 2 bridgehead atoms. The van der Waals surface area contributed by atoms with Gasteiger partial charge in [-0.1, -0.05) is 24.2 Å². The zero-order valence-electron chi connectivity index (χ0n) is 16.5. The quantitative estimate of drug-likeness (QED) is 0.794. The second-order valence-corrected chi connectivity index (χ2v) is 8.61. The van der Waals surface area contributed by atoms with E-state index in [0.29, 0.717) is 23.7 Å². The third-order valence-corrected chi connectivity index (χ3v) is 6.38. The van der Waals surface area contributed by atoms with Crippen molar-refractivity contribution in [1.82, 2.24) is 19.9 Å². The van der Waals surface area contributed by atoms with Crippen molar-refractivity contribution in [3.05, 3.63) is 35.7 Å². The summed E-state index contributed by atoms with van der Waals surface area (Å²) in [4.78, 5) is 22.3. The maximum atomic E-state index is 13.1. The van der Waals surface area contributed by atoms with E-state index in [2.05, 4.69) is 26.9 Å². The van der Waals surface area contributed by atoms with Crippen LogP contribution in [0.1, 0.15) is 61.2 Å². The minimum atomic E-state index is 0.147. The van der Waals surface area contributed by atoms with Gasteiger partial charge in [-0.2, -0.15) is 4.98 Å². The Kier molecular flexibility index (Phi) is 4.67. The lowest BCUT2D eigenvalue weighted by Gasteiger charge is -2.35. The van der Waals surface area contributed by atoms with Gasteiger partial charge in [-0.25, -0.2) is 0 Å². The topological polar surface area (TPSA) is 62.5 Å². The first kappa shape index (κ1) is 17.9. The van der Waals surface area contributed by atoms with E-state index in [9.17, 15) is 4.79 Å². The number of amides is 1. The smallest absolute Gasteiger partial charge is 0.253 e. The summed E-state index contributed by atoms with van der Waals surface area (Å²) in [6, 6.07) is 8.19. The number of benzene rings is 1. The number of hydrogen-bond acceptors (Lipinski definition) is 5. The molecule has 4 aliphatic rings. The molecule has 0 unspecified atom stereocenters. The van der Waals surface area contributed by atoms with Crippen LogP contribution in [0, 0.1) is 5.92 Å². The second-order valence-electron chi connectivity index (χ2n) is 8.61. The highest BCUT2D eigenvalue weighted by molar-refractivity contribution is 5.94. The van der Waals surface area contributed by atoms with E-state index in [-0.39, 0.29) is 5.91 Å². The molecule has 0 radical (unpaired) electrons. The molecule has 0 N–H and O–H groups in total. The van der Waals surface area contributed by atoms with Gasteiger partial charge in [0.1, 0.15) is 0 Å². The minimum absolute atomic E-state index is 0.147. The van der Waals surface area contributed by atoms with Crippen molar-refractivity contribution in [2.75, 3.05) is 26.2 Å². The van der Waals surface area contributed by atoms with Gasteiger partial charge in [0.05, 0.1) is 0 Å². The van der Waals surface area contributed by atoms with Gasteiger partial charge >= 0.3 is 0 Å². The molecule has 4 fully saturated rings. The molecule has 28 heavy (non-hydrogen) atoms. The zero-order chi connectivity index (χ0) is 19.1. The number of aromatic nitrogens is 2. The average molecular weight is 380 g/mol. The molecule has 1 aliphatic carbocycles. The molecule has 1 amide bonds. The summed E-state index contributed by atoms with van der Waals surface area (Å²) in [5.41, 5.74) is 1.65. The van der Waals surface area contributed by atoms with Gasteiger partial charge in [0.25, 0.3) is 5.91 Å². The molecule has 2 aromatic rings. The summed E-state index contributed by atoms with van der Waals surface area (Å²) in [7, 11) is 0. The molecule has 6 heteroatoms. The summed E-state index contributed by atoms with van der Waals surface area (Å²) in [6.07, 6.45) is 5.92. The first-order valence-corrected chi connectivity index (χ1v) is 10.7. The van der Waals surface area contributed by atoms with Gasteiger partial charge < -0.3 is 9.42 Å². The van der Waals surface area contributed by atoms with E-state index in [0.717, 1.165) is 56.0 Å². The van der Waals surface area contributed by atoms with Gasteiger partial charge in [0, 0.05) is 42.7 Å². The van der Waals surface area contributed by atoms with Crippen molar-refractivity contribution in [3.63, 3.8) is 0 Å². The molecule has 4 heterocycles. The van der Waals surface area contributed by atoms with Crippen LogP contribution in [0.4, 0.5) is 0 Å². The Morgan fingerprint density at radius 3 is 2.68 bits per heavy atom. The lowest BCUT2D eigenvalue weighted by atomic mass is 9.95. The Morgan fingerprint density at radius 2 is 1.93 bits per heavy atom. The number of rotatable bonds is 5. The number of hydrogen-bond donors (Lipinski definition) is 0. The van der Waals surface area contributed by atoms with Crippen LogP contribution in [0.3, 0.4) is 0 Å². The summed E-state index contributed by atoms with van der Waals surface area (Å²) in [6.45, 7) is 6.26.